The van der Waals surface area contributed by atoms with E-state index >= 15 is 0 Å². The van der Waals surface area contributed by atoms with E-state index in [1.807, 2.05) is 18.4 Å². The van der Waals surface area contributed by atoms with Crippen molar-refractivity contribution >= 4 is 17.8 Å². The Morgan fingerprint density at radius 3 is 2.70 bits per heavy atom. The summed E-state index contributed by atoms with van der Waals surface area (Å²) in [5, 5.41) is 3.99. The summed E-state index contributed by atoms with van der Waals surface area (Å²) < 4.78 is 22.6. The number of fused-ring (bicyclic) bond motifs is 1. The highest BCUT2D eigenvalue weighted by Crippen LogP contribution is 2.32. The van der Waals surface area contributed by atoms with Crippen LogP contribution in [0.2, 0.25) is 0 Å². The van der Waals surface area contributed by atoms with Crippen molar-refractivity contribution in [3.8, 4) is 17.3 Å². The van der Waals surface area contributed by atoms with E-state index in [9.17, 15) is 9.59 Å². The van der Waals surface area contributed by atoms with Crippen LogP contribution < -0.4 is 9.47 Å². The second-order valence-corrected chi connectivity index (χ2v) is 6.89. The monoisotopic (exact) mass is 408 g/mol. The fourth-order valence-electron chi connectivity index (χ4n) is 3.30. The molecule has 0 radical (unpaired) electrons. The summed E-state index contributed by atoms with van der Waals surface area (Å²) in [6, 6.07) is 8.86. The van der Waals surface area contributed by atoms with Gasteiger partial charge in [0.05, 0.1) is 0 Å². The topological polar surface area (TPSA) is 92.8 Å². The maximum absolute atomic E-state index is 12.6. The minimum Gasteiger partial charge on any atom is -0.454 e. The second-order valence-electron chi connectivity index (χ2n) is 6.89. The maximum atomic E-state index is 12.6. The van der Waals surface area contributed by atoms with Crippen molar-refractivity contribution in [1.29, 1.82) is 0 Å². The zero-order valence-corrected chi connectivity index (χ0v) is 16.8. The zero-order valence-electron chi connectivity index (χ0n) is 16.8. The van der Waals surface area contributed by atoms with Gasteiger partial charge in [0.15, 0.2) is 23.9 Å². The minimum absolute atomic E-state index is 0.184. The summed E-state index contributed by atoms with van der Waals surface area (Å²) in [7, 11) is 0. The SMILES string of the molecule is Cc1cc(-n2c(C)cc(C(=O)COC(=O)C=Cc3ccc4c(c3)OCO4)c2C)no1. The van der Waals surface area contributed by atoms with Crippen LogP contribution in [0.3, 0.4) is 0 Å². The number of esters is 1. The number of aromatic nitrogens is 2. The minimum atomic E-state index is -0.609. The third kappa shape index (κ3) is 3.84. The molecular formula is C22H20N2O6. The Labute approximate surface area is 172 Å². The molecule has 0 unspecified atom stereocenters. The van der Waals surface area contributed by atoms with Gasteiger partial charge in [0.2, 0.25) is 12.6 Å². The number of Topliss-reactive ketones (excluding diaryl/α,β-unsaturated/α-hetero) is 1. The van der Waals surface area contributed by atoms with Gasteiger partial charge in [0.1, 0.15) is 5.76 Å². The molecule has 1 aliphatic heterocycles. The van der Waals surface area contributed by atoms with Gasteiger partial charge in [0, 0.05) is 29.1 Å². The first kappa shape index (κ1) is 19.5. The van der Waals surface area contributed by atoms with Crippen molar-refractivity contribution in [2.45, 2.75) is 20.8 Å². The van der Waals surface area contributed by atoms with Crippen LogP contribution in [0.25, 0.3) is 11.9 Å². The standard InChI is InChI=1S/C22H20N2O6/c1-13-8-17(15(3)24(13)21-9-14(2)30-23-21)18(25)11-27-22(26)7-5-16-4-6-19-20(10-16)29-12-28-19/h4-10H,11-12H2,1-3H3. The lowest BCUT2D eigenvalue weighted by atomic mass is 10.1. The number of hydrogen-bond acceptors (Lipinski definition) is 7. The van der Waals surface area contributed by atoms with E-state index in [0.29, 0.717) is 34.3 Å². The highest BCUT2D eigenvalue weighted by atomic mass is 16.7. The van der Waals surface area contributed by atoms with Crippen molar-refractivity contribution in [2.75, 3.05) is 13.4 Å². The molecule has 0 saturated carbocycles. The van der Waals surface area contributed by atoms with E-state index in [4.69, 9.17) is 18.7 Å². The molecule has 0 fully saturated rings. The first-order valence-corrected chi connectivity index (χ1v) is 9.32. The molecular weight excluding hydrogens is 388 g/mol. The molecule has 0 atom stereocenters. The average Bonchev–Trinajstić information content (AvgIpc) is 3.43. The van der Waals surface area contributed by atoms with Gasteiger partial charge < -0.3 is 18.7 Å². The number of benzene rings is 1. The molecule has 30 heavy (non-hydrogen) atoms. The van der Waals surface area contributed by atoms with E-state index in [0.717, 1.165) is 11.3 Å². The molecule has 8 heteroatoms. The van der Waals surface area contributed by atoms with E-state index in [1.54, 1.807) is 43.3 Å². The molecule has 0 saturated heterocycles. The number of ether oxygens (including phenoxy) is 3. The van der Waals surface area contributed by atoms with Crippen molar-refractivity contribution in [3.05, 3.63) is 64.7 Å². The summed E-state index contributed by atoms with van der Waals surface area (Å²) in [5.74, 6) is 1.66. The van der Waals surface area contributed by atoms with Crippen molar-refractivity contribution in [2.24, 2.45) is 0 Å². The number of nitrogens with zero attached hydrogens (tertiary/aromatic N) is 2. The number of rotatable bonds is 6. The van der Waals surface area contributed by atoms with E-state index in [1.165, 1.54) is 6.08 Å². The van der Waals surface area contributed by atoms with Crippen molar-refractivity contribution < 1.29 is 28.3 Å². The lowest BCUT2D eigenvalue weighted by molar-refractivity contribution is -0.136. The molecule has 2 aromatic heterocycles. The Kier molecular flexibility index (Phi) is 5.14. The van der Waals surface area contributed by atoms with Crippen LogP contribution in [0.5, 0.6) is 11.5 Å². The zero-order chi connectivity index (χ0) is 21.3. The molecule has 0 N–H and O–H groups in total. The van der Waals surface area contributed by atoms with Crippen molar-refractivity contribution in [1.82, 2.24) is 9.72 Å². The molecule has 0 amide bonds. The quantitative estimate of drug-likeness (QED) is 0.350. The summed E-state index contributed by atoms with van der Waals surface area (Å²) in [4.78, 5) is 24.6. The summed E-state index contributed by atoms with van der Waals surface area (Å²) in [6.45, 7) is 5.31. The van der Waals surface area contributed by atoms with Gasteiger partial charge in [-0.25, -0.2) is 4.79 Å². The molecule has 3 heterocycles. The van der Waals surface area contributed by atoms with Gasteiger partial charge in [-0.15, -0.1) is 0 Å². The first-order valence-electron chi connectivity index (χ1n) is 9.32. The fourth-order valence-corrected chi connectivity index (χ4v) is 3.30. The lowest BCUT2D eigenvalue weighted by Crippen LogP contribution is -2.13. The van der Waals surface area contributed by atoms with Gasteiger partial charge in [-0.3, -0.25) is 9.36 Å². The molecule has 0 bridgehead atoms. The van der Waals surface area contributed by atoms with Gasteiger partial charge in [0.25, 0.3) is 0 Å². The van der Waals surface area contributed by atoms with Crippen LogP contribution in [0.4, 0.5) is 0 Å². The summed E-state index contributed by atoms with van der Waals surface area (Å²) >= 11 is 0. The second kappa shape index (κ2) is 7.90. The molecule has 1 aliphatic rings. The molecule has 3 aromatic rings. The van der Waals surface area contributed by atoms with Crippen LogP contribution >= 0.6 is 0 Å². The number of aryl methyl sites for hydroxylation is 2. The van der Waals surface area contributed by atoms with Crippen LogP contribution in [0.15, 0.2) is 40.9 Å². The Morgan fingerprint density at radius 2 is 1.93 bits per heavy atom. The molecule has 0 spiro atoms. The van der Waals surface area contributed by atoms with Gasteiger partial charge in [-0.2, -0.15) is 0 Å². The highest BCUT2D eigenvalue weighted by Gasteiger charge is 2.19. The Balaban J connectivity index is 1.39. The lowest BCUT2D eigenvalue weighted by Gasteiger charge is -2.05. The van der Waals surface area contributed by atoms with Gasteiger partial charge in [-0.1, -0.05) is 11.2 Å². The van der Waals surface area contributed by atoms with Crippen LogP contribution in [0.1, 0.15) is 33.1 Å². The normalized spacial score (nSPS) is 12.5. The number of hydrogen-bond donors (Lipinski definition) is 0. The van der Waals surface area contributed by atoms with Crippen LogP contribution in [-0.2, 0) is 9.53 Å². The molecule has 1 aromatic carbocycles. The van der Waals surface area contributed by atoms with E-state index in [2.05, 4.69) is 5.16 Å². The smallest absolute Gasteiger partial charge is 0.331 e. The van der Waals surface area contributed by atoms with Crippen LogP contribution in [0, 0.1) is 20.8 Å². The molecule has 4 rings (SSSR count). The number of carbonyl (C=O) groups excluding carboxylic acids is 2. The molecule has 0 aliphatic carbocycles. The third-order valence-electron chi connectivity index (χ3n) is 4.73. The largest absolute Gasteiger partial charge is 0.454 e. The first-order chi connectivity index (χ1) is 14.4. The maximum Gasteiger partial charge on any atom is 0.331 e. The Morgan fingerprint density at radius 1 is 1.13 bits per heavy atom. The predicted octanol–water partition coefficient (Wildman–Crippen LogP) is 3.56. The molecule has 154 valence electrons. The van der Waals surface area contributed by atoms with E-state index < -0.39 is 5.97 Å². The molecule has 8 nitrogen and oxygen atoms in total. The fraction of sp³-hybridized carbons (Fsp3) is 0.227. The summed E-state index contributed by atoms with van der Waals surface area (Å²) in [5.41, 5.74) is 2.77. The third-order valence-corrected chi connectivity index (χ3v) is 4.73. The van der Waals surface area contributed by atoms with Crippen molar-refractivity contribution in [3.63, 3.8) is 0 Å². The Hall–Kier alpha value is -3.81. The Bertz CT molecular complexity index is 1150. The number of carbonyl (C=O) groups is 2. The van der Waals surface area contributed by atoms with Crippen LogP contribution in [-0.4, -0.2) is 34.9 Å². The van der Waals surface area contributed by atoms with E-state index in [-0.39, 0.29) is 19.2 Å². The predicted molar refractivity (Wildman–Crippen MR) is 107 cm³/mol. The average molecular weight is 408 g/mol. The summed E-state index contributed by atoms with van der Waals surface area (Å²) in [6.07, 6.45) is 2.86. The van der Waals surface area contributed by atoms with Gasteiger partial charge >= 0.3 is 5.97 Å². The van der Waals surface area contributed by atoms with Gasteiger partial charge in [-0.05, 0) is 50.6 Å². The number of ketones is 1. The highest BCUT2D eigenvalue weighted by molar-refractivity contribution is 6.00.